The van der Waals surface area contributed by atoms with Crippen LogP contribution < -0.4 is 16.0 Å². The van der Waals surface area contributed by atoms with Crippen LogP contribution in [0.5, 0.6) is 0 Å². The Morgan fingerprint density at radius 1 is 1.47 bits per heavy atom. The number of nitrogens with two attached hydrogens (primary N) is 1. The highest BCUT2D eigenvalue weighted by molar-refractivity contribution is 6.34. The van der Waals surface area contributed by atoms with Crippen molar-refractivity contribution in [3.63, 3.8) is 0 Å². The number of anilines is 2. The van der Waals surface area contributed by atoms with Crippen LogP contribution in [-0.2, 0) is 0 Å². The Morgan fingerprint density at radius 3 is 3.06 bits per heavy atom. The summed E-state index contributed by atoms with van der Waals surface area (Å²) < 4.78 is 3.06. The number of β-amino-alcohol motifs (C(OH)–C–C–N with tert-alkyl or cyclic N) is 1. The van der Waals surface area contributed by atoms with E-state index in [0.29, 0.717) is 52.6 Å². The molecular formula is C22H22ClN9O2. The fourth-order valence-corrected chi connectivity index (χ4v) is 4.76. The molecule has 0 saturated carbocycles. The standard InChI is InChI=1S/C22H22ClN9O2/c1-12(28-21(34)17-19(25)29-31-7-3-5-26-20(17)31)15-8-16(23)18-13(9-24)10-27-32(18)22(15)30-6-2-4-14(33)11-30/h3,5,7-8,10,12,14,33H,2,4,6,11H2,1H3,(H2,25,29)(H,28,34). The summed E-state index contributed by atoms with van der Waals surface area (Å²) in [5, 5.41) is 31.7. The van der Waals surface area contributed by atoms with Crippen LogP contribution in [0.1, 0.15) is 47.3 Å². The number of fused-ring (bicyclic) bond motifs is 2. The summed E-state index contributed by atoms with van der Waals surface area (Å²) in [6.07, 6.45) is 5.70. The molecule has 2 atom stereocenters. The predicted molar refractivity (Wildman–Crippen MR) is 126 cm³/mol. The number of carbonyl (C=O) groups is 1. The zero-order chi connectivity index (χ0) is 24.0. The fraction of sp³-hybridized carbons (Fsp3) is 0.318. The number of nitrogen functional groups attached to an aromatic ring is 1. The highest BCUT2D eigenvalue weighted by atomic mass is 35.5. The number of nitrogens with one attached hydrogen (secondary N) is 1. The van der Waals surface area contributed by atoms with E-state index in [-0.39, 0.29) is 11.4 Å². The van der Waals surface area contributed by atoms with Gasteiger partial charge in [-0.1, -0.05) is 11.6 Å². The monoisotopic (exact) mass is 479 g/mol. The van der Waals surface area contributed by atoms with E-state index in [9.17, 15) is 15.2 Å². The van der Waals surface area contributed by atoms with Crippen LogP contribution in [0.3, 0.4) is 0 Å². The molecule has 0 bridgehead atoms. The van der Waals surface area contributed by atoms with Gasteiger partial charge in [-0.25, -0.2) is 14.0 Å². The minimum atomic E-state index is -0.517. The van der Waals surface area contributed by atoms with Crippen LogP contribution in [0.2, 0.25) is 5.02 Å². The van der Waals surface area contributed by atoms with Crippen LogP contribution in [0.25, 0.3) is 11.2 Å². The van der Waals surface area contributed by atoms with Gasteiger partial charge in [0.1, 0.15) is 23.0 Å². The van der Waals surface area contributed by atoms with Gasteiger partial charge >= 0.3 is 0 Å². The van der Waals surface area contributed by atoms with E-state index in [0.717, 1.165) is 6.42 Å². The first-order valence-corrected chi connectivity index (χ1v) is 11.2. The van der Waals surface area contributed by atoms with Crippen molar-refractivity contribution in [2.45, 2.75) is 31.9 Å². The Kier molecular flexibility index (Phi) is 5.47. The van der Waals surface area contributed by atoms with Crippen molar-refractivity contribution in [3.05, 3.63) is 52.4 Å². The number of piperidine rings is 1. The first-order chi connectivity index (χ1) is 16.4. The number of carbonyl (C=O) groups excluding carboxylic acids is 1. The number of rotatable bonds is 4. The zero-order valence-corrected chi connectivity index (χ0v) is 19.1. The molecule has 1 saturated heterocycles. The number of halogens is 1. The molecule has 4 N–H and O–H groups in total. The fourth-order valence-electron chi connectivity index (χ4n) is 4.46. The van der Waals surface area contributed by atoms with Gasteiger partial charge in [0.2, 0.25) is 0 Å². The maximum Gasteiger partial charge on any atom is 0.259 e. The summed E-state index contributed by atoms with van der Waals surface area (Å²) in [5.41, 5.74) is 8.06. The Bertz CT molecular complexity index is 1450. The second-order valence-electron chi connectivity index (χ2n) is 8.29. The molecule has 0 aliphatic carbocycles. The predicted octanol–water partition coefficient (Wildman–Crippen LogP) is 1.94. The molecule has 1 amide bonds. The third kappa shape index (κ3) is 3.57. The smallest absolute Gasteiger partial charge is 0.259 e. The average molecular weight is 480 g/mol. The van der Waals surface area contributed by atoms with E-state index >= 15 is 0 Å². The molecule has 1 aliphatic heterocycles. The van der Waals surface area contributed by atoms with Crippen molar-refractivity contribution in [2.24, 2.45) is 0 Å². The first-order valence-electron chi connectivity index (χ1n) is 10.8. The number of amides is 1. The molecule has 0 radical (unpaired) electrons. The SMILES string of the molecule is CC(NC(=O)c1c(N)nn2cccnc12)c1cc(Cl)c2c(C#N)cnn2c1N1CCCC(O)C1. The van der Waals surface area contributed by atoms with Crippen molar-refractivity contribution in [1.82, 2.24) is 29.5 Å². The molecular weight excluding hydrogens is 458 g/mol. The Hall–Kier alpha value is -3.88. The number of aliphatic hydroxyl groups excluding tert-OH is 1. The summed E-state index contributed by atoms with van der Waals surface area (Å²) in [6, 6.07) is 5.03. The van der Waals surface area contributed by atoms with Crippen LogP contribution in [-0.4, -0.2) is 54.4 Å². The highest BCUT2D eigenvalue weighted by Gasteiger charge is 2.29. The van der Waals surface area contributed by atoms with Crippen LogP contribution >= 0.6 is 11.6 Å². The van der Waals surface area contributed by atoms with Crippen LogP contribution in [0, 0.1) is 11.3 Å². The summed E-state index contributed by atoms with van der Waals surface area (Å²) in [4.78, 5) is 19.5. The van der Waals surface area contributed by atoms with Gasteiger partial charge in [-0.05, 0) is 31.9 Å². The zero-order valence-electron chi connectivity index (χ0n) is 18.3. The molecule has 12 heteroatoms. The third-order valence-electron chi connectivity index (χ3n) is 6.02. The third-order valence-corrected chi connectivity index (χ3v) is 6.30. The molecule has 174 valence electrons. The number of aliphatic hydroxyl groups is 1. The molecule has 2 unspecified atom stereocenters. The summed E-state index contributed by atoms with van der Waals surface area (Å²) in [6.45, 7) is 2.91. The van der Waals surface area contributed by atoms with E-state index < -0.39 is 18.1 Å². The topological polar surface area (TPSA) is 150 Å². The quantitative estimate of drug-likeness (QED) is 0.402. The minimum absolute atomic E-state index is 0.0713. The van der Waals surface area contributed by atoms with Gasteiger partial charge < -0.3 is 21.1 Å². The number of aromatic nitrogens is 5. The van der Waals surface area contributed by atoms with Crippen molar-refractivity contribution >= 4 is 40.3 Å². The lowest BCUT2D eigenvalue weighted by atomic mass is 10.0. The van der Waals surface area contributed by atoms with Crippen LogP contribution in [0.15, 0.2) is 30.7 Å². The molecule has 1 aliphatic rings. The Balaban J connectivity index is 1.58. The lowest BCUT2D eigenvalue weighted by Crippen LogP contribution is -2.40. The van der Waals surface area contributed by atoms with Crippen molar-refractivity contribution in [1.29, 1.82) is 5.26 Å². The summed E-state index contributed by atoms with van der Waals surface area (Å²) >= 11 is 6.57. The van der Waals surface area contributed by atoms with E-state index in [1.807, 2.05) is 11.8 Å². The highest BCUT2D eigenvalue weighted by Crippen LogP contribution is 2.35. The molecule has 4 aromatic heterocycles. The average Bonchev–Trinajstić information content (AvgIpc) is 3.39. The van der Waals surface area contributed by atoms with E-state index in [1.54, 1.807) is 29.0 Å². The van der Waals surface area contributed by atoms with Gasteiger partial charge in [0.25, 0.3) is 5.91 Å². The lowest BCUT2D eigenvalue weighted by Gasteiger charge is -2.34. The van der Waals surface area contributed by atoms with Crippen molar-refractivity contribution in [3.8, 4) is 6.07 Å². The molecule has 1 fully saturated rings. The van der Waals surface area contributed by atoms with Gasteiger partial charge in [0, 0.05) is 31.0 Å². The normalized spacial score (nSPS) is 17.1. The molecule has 0 aromatic carbocycles. The second-order valence-corrected chi connectivity index (χ2v) is 8.69. The van der Waals surface area contributed by atoms with E-state index in [1.165, 1.54) is 10.7 Å². The van der Waals surface area contributed by atoms with E-state index in [2.05, 4.69) is 26.6 Å². The molecule has 34 heavy (non-hydrogen) atoms. The van der Waals surface area contributed by atoms with Crippen molar-refractivity contribution in [2.75, 3.05) is 23.7 Å². The number of hydrogen-bond donors (Lipinski definition) is 3. The van der Waals surface area contributed by atoms with Gasteiger partial charge in [-0.2, -0.15) is 10.4 Å². The Labute approximate surface area is 199 Å². The molecule has 5 heterocycles. The van der Waals surface area contributed by atoms with Crippen molar-refractivity contribution < 1.29 is 9.90 Å². The molecule has 11 nitrogen and oxygen atoms in total. The van der Waals surface area contributed by atoms with Crippen LogP contribution in [0.4, 0.5) is 11.6 Å². The maximum atomic E-state index is 13.2. The van der Waals surface area contributed by atoms with Gasteiger partial charge in [0.05, 0.1) is 28.9 Å². The Morgan fingerprint density at radius 2 is 2.29 bits per heavy atom. The second kappa shape index (κ2) is 8.48. The minimum Gasteiger partial charge on any atom is -0.391 e. The number of nitriles is 1. The summed E-state index contributed by atoms with van der Waals surface area (Å²) in [5.74, 6) is 0.304. The number of hydrogen-bond acceptors (Lipinski definition) is 8. The lowest BCUT2D eigenvalue weighted by molar-refractivity contribution is 0.0942. The van der Waals surface area contributed by atoms with Gasteiger partial charge in [0.15, 0.2) is 11.5 Å². The van der Waals surface area contributed by atoms with E-state index in [4.69, 9.17) is 17.3 Å². The number of pyridine rings is 1. The molecule has 0 spiro atoms. The summed E-state index contributed by atoms with van der Waals surface area (Å²) in [7, 11) is 0. The van der Waals surface area contributed by atoms with Gasteiger partial charge in [-0.15, -0.1) is 5.10 Å². The van der Waals surface area contributed by atoms with Gasteiger partial charge in [-0.3, -0.25) is 4.79 Å². The molecule has 5 rings (SSSR count). The molecule has 4 aromatic rings. The first kappa shape index (κ1) is 21.9. The largest absolute Gasteiger partial charge is 0.391 e. The maximum absolute atomic E-state index is 13.2. The number of nitrogens with zero attached hydrogens (tertiary/aromatic N) is 7.